The summed E-state index contributed by atoms with van der Waals surface area (Å²) in [5, 5.41) is 3.13. The van der Waals surface area contributed by atoms with Crippen molar-refractivity contribution in [3.8, 4) is 16.9 Å². The van der Waals surface area contributed by atoms with E-state index in [1.807, 2.05) is 31.3 Å². The Balaban J connectivity index is 1.76. The Morgan fingerprint density at radius 2 is 1.96 bits per heavy atom. The van der Waals surface area contributed by atoms with Gasteiger partial charge in [0.15, 0.2) is 0 Å². The average Bonchev–Trinajstić information content (AvgIpc) is 3.10. The maximum absolute atomic E-state index is 14.5. The van der Waals surface area contributed by atoms with Crippen molar-refractivity contribution in [2.24, 2.45) is 5.92 Å². The van der Waals surface area contributed by atoms with Crippen LogP contribution in [-0.4, -0.2) is 44.6 Å². The molecule has 0 aliphatic carbocycles. The van der Waals surface area contributed by atoms with Crippen LogP contribution < -0.4 is 10.1 Å². The Hall–Kier alpha value is -2.40. The number of hydrogen-bond donors (Lipinski definition) is 1. The van der Waals surface area contributed by atoms with Gasteiger partial charge in [-0.25, -0.2) is 4.39 Å². The predicted octanol–water partition coefficient (Wildman–Crippen LogP) is 3.18. The molecule has 1 saturated heterocycles. The number of halogens is 1. The molecule has 0 spiro atoms. The van der Waals surface area contributed by atoms with Crippen molar-refractivity contribution < 1.29 is 13.9 Å². The van der Waals surface area contributed by atoms with E-state index in [1.165, 1.54) is 6.07 Å². The summed E-state index contributed by atoms with van der Waals surface area (Å²) in [6.07, 6.45) is 0.956. The maximum atomic E-state index is 14.5. The minimum absolute atomic E-state index is 0.141. The topological polar surface area (TPSA) is 41.6 Å². The molecule has 4 nitrogen and oxygen atoms in total. The summed E-state index contributed by atoms with van der Waals surface area (Å²) < 4.78 is 19.7. The van der Waals surface area contributed by atoms with Gasteiger partial charge >= 0.3 is 0 Å². The molecule has 2 aromatic carbocycles. The van der Waals surface area contributed by atoms with Crippen molar-refractivity contribution >= 4 is 5.91 Å². The standard InChI is InChI=1S/C20H23FN2O2/c1-22-12-14-9-10-23(13-14)20(24)18-8-5-16(11-19(18)21)15-3-6-17(25-2)7-4-15/h3-8,11,14,22H,9-10,12-13H2,1-2H3. The number of nitrogens with zero attached hydrogens (tertiary/aromatic N) is 1. The van der Waals surface area contributed by atoms with Crippen molar-refractivity contribution in [1.29, 1.82) is 0 Å². The molecule has 0 radical (unpaired) electrons. The average molecular weight is 342 g/mol. The zero-order valence-corrected chi connectivity index (χ0v) is 14.6. The molecular weight excluding hydrogens is 319 g/mol. The van der Waals surface area contributed by atoms with Gasteiger partial charge in [0, 0.05) is 13.1 Å². The normalized spacial score (nSPS) is 16.9. The summed E-state index contributed by atoms with van der Waals surface area (Å²) in [5.74, 6) is 0.490. The highest BCUT2D eigenvalue weighted by molar-refractivity contribution is 5.95. The van der Waals surface area contributed by atoms with Crippen LogP contribution in [0.25, 0.3) is 11.1 Å². The first-order valence-electron chi connectivity index (χ1n) is 8.50. The monoisotopic (exact) mass is 342 g/mol. The van der Waals surface area contributed by atoms with Crippen molar-refractivity contribution in [1.82, 2.24) is 10.2 Å². The number of rotatable bonds is 5. The molecule has 1 atom stereocenters. The second kappa shape index (κ2) is 7.66. The molecule has 2 aromatic rings. The third-order valence-electron chi connectivity index (χ3n) is 4.69. The van der Waals surface area contributed by atoms with Gasteiger partial charge in [0.05, 0.1) is 12.7 Å². The highest BCUT2D eigenvalue weighted by atomic mass is 19.1. The van der Waals surface area contributed by atoms with Crippen LogP contribution in [0.3, 0.4) is 0 Å². The van der Waals surface area contributed by atoms with Crippen molar-refractivity contribution in [2.75, 3.05) is 33.8 Å². The first-order chi connectivity index (χ1) is 12.1. The van der Waals surface area contributed by atoms with Gasteiger partial charge in [0.25, 0.3) is 5.91 Å². The molecule has 5 heteroatoms. The number of carbonyl (C=O) groups is 1. The highest BCUT2D eigenvalue weighted by Gasteiger charge is 2.27. The Morgan fingerprint density at radius 3 is 2.60 bits per heavy atom. The van der Waals surface area contributed by atoms with Crippen LogP contribution in [0.2, 0.25) is 0 Å². The van der Waals surface area contributed by atoms with Crippen LogP contribution in [0, 0.1) is 11.7 Å². The van der Waals surface area contributed by atoms with E-state index in [9.17, 15) is 9.18 Å². The Labute approximate surface area is 147 Å². The van der Waals surface area contributed by atoms with Gasteiger partial charge in [-0.05, 0) is 61.3 Å². The zero-order valence-electron chi connectivity index (χ0n) is 14.6. The number of methoxy groups -OCH3 is 1. The molecule has 1 fully saturated rings. The summed E-state index contributed by atoms with van der Waals surface area (Å²) in [6, 6.07) is 12.2. The van der Waals surface area contributed by atoms with E-state index in [2.05, 4.69) is 5.32 Å². The molecule has 1 aliphatic rings. The molecule has 1 N–H and O–H groups in total. The van der Waals surface area contributed by atoms with Crippen LogP contribution in [0.15, 0.2) is 42.5 Å². The summed E-state index contributed by atoms with van der Waals surface area (Å²) in [7, 11) is 3.51. The maximum Gasteiger partial charge on any atom is 0.256 e. The first-order valence-corrected chi connectivity index (χ1v) is 8.50. The van der Waals surface area contributed by atoms with Crippen LogP contribution in [0.5, 0.6) is 5.75 Å². The Morgan fingerprint density at radius 1 is 1.24 bits per heavy atom. The zero-order chi connectivity index (χ0) is 17.8. The van der Waals surface area contributed by atoms with E-state index >= 15 is 0 Å². The molecule has 1 unspecified atom stereocenters. The molecular formula is C20H23FN2O2. The Bertz CT molecular complexity index is 746. The Kier molecular flexibility index (Phi) is 5.34. The van der Waals surface area contributed by atoms with E-state index in [0.717, 1.165) is 29.8 Å². The number of carbonyl (C=O) groups excluding carboxylic acids is 1. The number of amides is 1. The van der Waals surface area contributed by atoms with Crippen molar-refractivity contribution in [3.63, 3.8) is 0 Å². The van der Waals surface area contributed by atoms with Gasteiger partial charge < -0.3 is 15.0 Å². The third kappa shape index (κ3) is 3.82. The molecule has 3 rings (SSSR count). The number of hydrogen-bond acceptors (Lipinski definition) is 3. The van der Waals surface area contributed by atoms with Gasteiger partial charge in [-0.15, -0.1) is 0 Å². The summed E-state index contributed by atoms with van der Waals surface area (Å²) >= 11 is 0. The molecule has 1 aliphatic heterocycles. The second-order valence-corrected chi connectivity index (χ2v) is 6.39. The van der Waals surface area contributed by atoms with E-state index in [-0.39, 0.29) is 11.5 Å². The molecule has 1 amide bonds. The quantitative estimate of drug-likeness (QED) is 0.907. The summed E-state index contributed by atoms with van der Waals surface area (Å²) in [6.45, 7) is 2.24. The third-order valence-corrected chi connectivity index (χ3v) is 4.69. The largest absolute Gasteiger partial charge is 0.497 e. The van der Waals surface area contributed by atoms with Crippen LogP contribution in [-0.2, 0) is 0 Å². The highest BCUT2D eigenvalue weighted by Crippen LogP contribution is 2.26. The number of ether oxygens (including phenoxy) is 1. The van der Waals surface area contributed by atoms with E-state index in [4.69, 9.17) is 4.74 Å². The van der Waals surface area contributed by atoms with Crippen molar-refractivity contribution in [3.05, 3.63) is 53.8 Å². The van der Waals surface area contributed by atoms with Crippen LogP contribution >= 0.6 is 0 Å². The number of nitrogens with one attached hydrogen (secondary N) is 1. The van der Waals surface area contributed by atoms with E-state index in [0.29, 0.717) is 19.0 Å². The molecule has 132 valence electrons. The van der Waals surface area contributed by atoms with Crippen LogP contribution in [0.1, 0.15) is 16.8 Å². The molecule has 0 aromatic heterocycles. The second-order valence-electron chi connectivity index (χ2n) is 6.39. The van der Waals surface area contributed by atoms with E-state index in [1.54, 1.807) is 24.1 Å². The summed E-state index contributed by atoms with van der Waals surface area (Å²) in [5.41, 5.74) is 1.77. The SMILES string of the molecule is CNCC1CCN(C(=O)c2ccc(-c3ccc(OC)cc3)cc2F)C1. The smallest absolute Gasteiger partial charge is 0.256 e. The van der Waals surface area contributed by atoms with Gasteiger partial charge in [0.2, 0.25) is 0 Å². The van der Waals surface area contributed by atoms with Crippen LogP contribution in [0.4, 0.5) is 4.39 Å². The van der Waals surface area contributed by atoms with Gasteiger partial charge in [-0.1, -0.05) is 18.2 Å². The first kappa shape index (κ1) is 17.4. The fourth-order valence-corrected chi connectivity index (χ4v) is 3.29. The predicted molar refractivity (Wildman–Crippen MR) is 96.3 cm³/mol. The molecule has 25 heavy (non-hydrogen) atoms. The molecule has 1 heterocycles. The lowest BCUT2D eigenvalue weighted by Crippen LogP contribution is -2.30. The number of benzene rings is 2. The minimum Gasteiger partial charge on any atom is -0.497 e. The fourth-order valence-electron chi connectivity index (χ4n) is 3.29. The summed E-state index contributed by atoms with van der Waals surface area (Å²) in [4.78, 5) is 14.3. The van der Waals surface area contributed by atoms with Gasteiger partial charge in [-0.3, -0.25) is 4.79 Å². The van der Waals surface area contributed by atoms with Crippen molar-refractivity contribution in [2.45, 2.75) is 6.42 Å². The lowest BCUT2D eigenvalue weighted by Gasteiger charge is -2.17. The lowest BCUT2D eigenvalue weighted by atomic mass is 10.0. The minimum atomic E-state index is -0.476. The lowest BCUT2D eigenvalue weighted by molar-refractivity contribution is 0.0782. The molecule has 0 bridgehead atoms. The fraction of sp³-hybridized carbons (Fsp3) is 0.350. The van der Waals surface area contributed by atoms with Gasteiger partial charge in [-0.2, -0.15) is 0 Å². The van der Waals surface area contributed by atoms with E-state index < -0.39 is 5.82 Å². The number of likely N-dealkylation sites (tertiary alicyclic amines) is 1. The molecule has 0 saturated carbocycles. The van der Waals surface area contributed by atoms with Gasteiger partial charge in [0.1, 0.15) is 11.6 Å².